The van der Waals surface area contributed by atoms with Gasteiger partial charge in [-0.15, -0.1) is 11.3 Å². The van der Waals surface area contributed by atoms with Gasteiger partial charge in [-0.3, -0.25) is 24.0 Å². The van der Waals surface area contributed by atoms with Gasteiger partial charge in [0.1, 0.15) is 17.2 Å². The first-order valence-electron chi connectivity index (χ1n) is 21.8. The maximum atomic E-state index is 15.6. The van der Waals surface area contributed by atoms with E-state index in [1.807, 2.05) is 19.9 Å². The van der Waals surface area contributed by atoms with Crippen molar-refractivity contribution in [3.63, 3.8) is 0 Å². The van der Waals surface area contributed by atoms with Crippen molar-refractivity contribution in [2.24, 2.45) is 7.05 Å². The highest BCUT2D eigenvalue weighted by Crippen LogP contribution is 2.46. The molecule has 18 nitrogen and oxygen atoms in total. The van der Waals surface area contributed by atoms with Gasteiger partial charge in [-0.05, 0) is 92.6 Å². The van der Waals surface area contributed by atoms with Crippen molar-refractivity contribution in [1.29, 1.82) is 0 Å². The number of piperidine rings is 3. The minimum Gasteiger partial charge on any atom is -0.479 e. The van der Waals surface area contributed by atoms with Crippen LogP contribution in [0.3, 0.4) is 0 Å². The van der Waals surface area contributed by atoms with Crippen LogP contribution in [0.2, 0.25) is 5.02 Å². The second-order valence-electron chi connectivity index (χ2n) is 17.9. The Balaban J connectivity index is 0.897. The Morgan fingerprint density at radius 1 is 0.971 bits per heavy atom. The lowest BCUT2D eigenvalue weighted by Crippen LogP contribution is -2.55. The number of carbonyl (C=O) groups is 5. The molecule has 0 saturated carbocycles. The number of rotatable bonds is 13. The first-order chi connectivity index (χ1) is 32.2. The fourth-order valence-electron chi connectivity index (χ4n) is 9.49. The van der Waals surface area contributed by atoms with Crippen LogP contribution in [0.5, 0.6) is 5.75 Å². The number of imidazole rings is 1. The lowest BCUT2D eigenvalue weighted by Gasteiger charge is -2.45. The van der Waals surface area contributed by atoms with E-state index in [0.717, 1.165) is 11.3 Å². The number of fused-ring (bicyclic) bond motifs is 1. The molecule has 4 atom stereocenters. The second-order valence-corrected chi connectivity index (χ2v) is 21.2. The predicted octanol–water partition coefficient (Wildman–Crippen LogP) is 6.41. The Bertz CT molecular complexity index is 3030. The molecule has 2 aromatic heterocycles. The van der Waals surface area contributed by atoms with Crippen LogP contribution in [0.1, 0.15) is 78.7 Å². The van der Waals surface area contributed by atoms with Gasteiger partial charge in [0.2, 0.25) is 21.8 Å². The van der Waals surface area contributed by atoms with E-state index < -0.39 is 75.8 Å². The molecular weight excluding hydrogens is 945 g/mol. The molecule has 0 aliphatic carbocycles. The Morgan fingerprint density at radius 2 is 1.72 bits per heavy atom. The molecule has 8 rings (SSSR count). The number of aliphatic carboxylic acids is 1. The number of nitrogens with zero attached hydrogens (tertiary/aromatic N) is 4. The third kappa shape index (κ3) is 9.83. The fraction of sp³-hybridized carbons (Fsp3) is 0.391. The number of carboxylic acid groups (broad SMARTS) is 2. The largest absolute Gasteiger partial charge is 0.479 e. The van der Waals surface area contributed by atoms with Crippen molar-refractivity contribution >= 4 is 85.2 Å². The summed E-state index contributed by atoms with van der Waals surface area (Å²) in [7, 11) is -2.31. The topological polar surface area (TPSA) is 239 Å². The van der Waals surface area contributed by atoms with Crippen LogP contribution in [-0.4, -0.2) is 111 Å². The summed E-state index contributed by atoms with van der Waals surface area (Å²) in [5, 5.41) is 27.4. The number of sulfonamides is 1. The van der Waals surface area contributed by atoms with Crippen LogP contribution < -0.4 is 26.4 Å². The average Bonchev–Trinajstić information content (AvgIpc) is 3.73. The lowest BCUT2D eigenvalue weighted by atomic mass is 9.88. The highest BCUT2D eigenvalue weighted by atomic mass is 35.5. The van der Waals surface area contributed by atoms with Gasteiger partial charge in [-0.1, -0.05) is 41.9 Å². The number of nitrogens with one attached hydrogen (secondary N) is 3. The van der Waals surface area contributed by atoms with E-state index in [9.17, 15) is 42.3 Å². The summed E-state index contributed by atoms with van der Waals surface area (Å²) in [5.41, 5.74) is 2.34. The molecule has 22 heteroatoms. The number of urea groups is 1. The molecule has 1 unspecified atom stereocenters. The first-order valence-corrected chi connectivity index (χ1v) is 24.6. The van der Waals surface area contributed by atoms with Crippen molar-refractivity contribution < 1.29 is 51.7 Å². The molecule has 360 valence electrons. The average molecular weight is 995 g/mol. The number of aryl methyl sites for hydroxylation is 1. The van der Waals surface area contributed by atoms with Gasteiger partial charge in [0.05, 0.1) is 21.7 Å². The molecule has 3 aliphatic heterocycles. The first kappa shape index (κ1) is 48.2. The normalized spacial score (nSPS) is 21.0. The Hall–Kier alpha value is -6.29. The number of imide groups is 1. The molecule has 5 aromatic rings. The Labute approximate surface area is 398 Å². The van der Waals surface area contributed by atoms with E-state index in [1.165, 1.54) is 18.3 Å². The molecular formula is C46H49ClFN7O11S2. The zero-order chi connectivity index (χ0) is 48.8. The van der Waals surface area contributed by atoms with E-state index in [-0.39, 0.29) is 66.3 Å². The SMILES string of the molecule is Cn1c(=O)n(C2CCC(=O)NC2=O)c2ccc([C@H]3CN(C(=O)Nc4cccc(CS(=O)(=O)N5CC[C@H](Nc6cccc(-c7sc(C(=O)O)c(OCC(=O)O)c7Cl)c6)CC5(C)C)c4)CC[C@@H]3F)cc21. The molecule has 3 aromatic carbocycles. The standard InChI is InChI=1S/C46H49ClFN7O11S2/c1-46(2)21-30(49-29-9-5-7-27(19-29)40-38(47)39(66-23-37(57)58)41(67-40)43(60)61)14-17-54(46)68(64,65)24-25-6-4-8-28(18-25)50-44(62)53-16-15-32(48)31(22-53)26-10-11-33-35(20-26)52(3)45(63)55(33)34-12-13-36(56)51-42(34)59/h4-11,18-20,30-32,34,49H,12-17,21-24H2,1-3H3,(H,50,62)(H,57,58)(H,60,61)(H,51,56,59)/t30-,31+,32-,34?/m0/s1. The van der Waals surface area contributed by atoms with E-state index in [0.29, 0.717) is 56.8 Å². The number of hydrogen-bond donors (Lipinski definition) is 5. The van der Waals surface area contributed by atoms with Gasteiger partial charge in [-0.25, -0.2) is 32.0 Å². The van der Waals surface area contributed by atoms with Crippen molar-refractivity contribution in [2.75, 3.05) is 36.9 Å². The maximum Gasteiger partial charge on any atom is 0.349 e. The molecule has 4 amide bonds. The molecule has 68 heavy (non-hydrogen) atoms. The molecule has 3 saturated heterocycles. The minimum atomic E-state index is -3.87. The monoisotopic (exact) mass is 993 g/mol. The summed E-state index contributed by atoms with van der Waals surface area (Å²) >= 11 is 7.38. The van der Waals surface area contributed by atoms with E-state index in [4.69, 9.17) is 21.4 Å². The summed E-state index contributed by atoms with van der Waals surface area (Å²) in [5.74, 6) is -4.83. The van der Waals surface area contributed by atoms with Gasteiger partial charge >= 0.3 is 23.7 Å². The van der Waals surface area contributed by atoms with Crippen LogP contribution in [-0.2, 0) is 37.2 Å². The Kier molecular flexibility index (Phi) is 13.5. The molecule has 3 fully saturated rings. The van der Waals surface area contributed by atoms with Crippen molar-refractivity contribution in [3.8, 4) is 16.2 Å². The number of carbonyl (C=O) groups excluding carboxylic acids is 3. The molecule has 5 heterocycles. The molecule has 5 N–H and O–H groups in total. The number of amides is 4. The van der Waals surface area contributed by atoms with Gasteiger partial charge in [-0.2, -0.15) is 4.31 Å². The smallest absolute Gasteiger partial charge is 0.349 e. The third-order valence-electron chi connectivity index (χ3n) is 12.7. The Morgan fingerprint density at radius 3 is 2.44 bits per heavy atom. The molecule has 0 spiro atoms. The van der Waals surface area contributed by atoms with Gasteiger partial charge < -0.3 is 30.5 Å². The van der Waals surface area contributed by atoms with Crippen molar-refractivity contribution in [1.82, 2.24) is 23.7 Å². The summed E-state index contributed by atoms with van der Waals surface area (Å²) in [6, 6.07) is 17.2. The predicted molar refractivity (Wildman–Crippen MR) is 253 cm³/mol. The summed E-state index contributed by atoms with van der Waals surface area (Å²) < 4.78 is 53.2. The number of aromatic nitrogens is 2. The third-order valence-corrected chi connectivity index (χ3v) is 16.4. The van der Waals surface area contributed by atoms with E-state index >= 15 is 4.39 Å². The van der Waals surface area contributed by atoms with Crippen LogP contribution >= 0.6 is 22.9 Å². The number of benzene rings is 3. The quantitative estimate of drug-likeness (QED) is 0.0806. The van der Waals surface area contributed by atoms with Crippen LogP contribution in [0.25, 0.3) is 21.5 Å². The van der Waals surface area contributed by atoms with Crippen LogP contribution in [0.4, 0.5) is 20.6 Å². The number of likely N-dealkylation sites (tertiary alicyclic amines) is 1. The van der Waals surface area contributed by atoms with Gasteiger partial charge in [0.25, 0.3) is 0 Å². The summed E-state index contributed by atoms with van der Waals surface area (Å²) in [6.45, 7) is 3.33. The highest BCUT2D eigenvalue weighted by Gasteiger charge is 2.42. The van der Waals surface area contributed by atoms with E-state index in [1.54, 1.807) is 67.7 Å². The lowest BCUT2D eigenvalue weighted by molar-refractivity contribution is -0.139. The number of hydrogen-bond acceptors (Lipinski definition) is 11. The number of ether oxygens (including phenoxy) is 1. The van der Waals surface area contributed by atoms with Crippen LogP contribution in [0, 0.1) is 0 Å². The molecule has 0 radical (unpaired) electrons. The second kappa shape index (κ2) is 19.0. The number of carboxylic acids is 2. The number of halogens is 2. The molecule has 0 bridgehead atoms. The number of alkyl halides is 1. The summed E-state index contributed by atoms with van der Waals surface area (Å²) in [4.78, 5) is 76.1. The van der Waals surface area contributed by atoms with Gasteiger partial charge in [0.15, 0.2) is 17.2 Å². The van der Waals surface area contributed by atoms with E-state index in [2.05, 4.69) is 16.0 Å². The number of anilines is 2. The number of aromatic carboxylic acids is 1. The molecule has 3 aliphatic rings. The number of thiophene rings is 1. The zero-order valence-corrected chi connectivity index (χ0v) is 39.6. The zero-order valence-electron chi connectivity index (χ0n) is 37.2. The van der Waals surface area contributed by atoms with Crippen molar-refractivity contribution in [3.05, 3.63) is 98.2 Å². The highest BCUT2D eigenvalue weighted by molar-refractivity contribution is 7.88. The fourth-order valence-corrected chi connectivity index (χ4v) is 12.9. The summed E-state index contributed by atoms with van der Waals surface area (Å²) in [6.07, 6.45) is -0.0411. The maximum absolute atomic E-state index is 15.6. The van der Waals surface area contributed by atoms with Gasteiger partial charge in [0, 0.05) is 62.0 Å². The van der Waals surface area contributed by atoms with Crippen LogP contribution in [0.15, 0.2) is 71.5 Å². The minimum absolute atomic E-state index is 0.0178. The van der Waals surface area contributed by atoms with Crippen molar-refractivity contribution in [2.45, 2.75) is 81.4 Å².